The third kappa shape index (κ3) is 3.77. The van der Waals surface area contributed by atoms with Crippen LogP contribution < -0.4 is 9.13 Å². The first-order chi connectivity index (χ1) is 6.79. The van der Waals surface area contributed by atoms with Gasteiger partial charge in [0.15, 0.2) is 0 Å². The molecule has 4 heteroatoms. The Bertz CT molecular complexity index is 415. The van der Waals surface area contributed by atoms with Crippen LogP contribution in [0.15, 0.2) is 36.7 Å². The van der Waals surface area contributed by atoms with Gasteiger partial charge in [-0.25, -0.2) is 0 Å². The summed E-state index contributed by atoms with van der Waals surface area (Å²) in [7, 11) is 4.05. The minimum Gasteiger partial charge on any atom is -0.313 e. The van der Waals surface area contributed by atoms with Crippen molar-refractivity contribution in [2.24, 2.45) is 14.1 Å². The normalized spacial score (nSPS) is 8.88. The smallest absolute Gasteiger partial charge is 0.115 e. The first-order valence-electron chi connectivity index (χ1n) is 4.51. The minimum atomic E-state index is 0. The molecule has 0 unspecified atom stereocenters. The second-order valence-corrected chi connectivity index (χ2v) is 3.25. The van der Waals surface area contributed by atoms with Crippen molar-refractivity contribution in [3.8, 4) is 11.4 Å². The van der Waals surface area contributed by atoms with Gasteiger partial charge in [-0.1, -0.05) is 0 Å². The van der Waals surface area contributed by atoms with E-state index in [1.807, 2.05) is 50.8 Å². The minimum absolute atomic E-state index is 0. The topological polar surface area (TPSA) is 7.76 Å². The number of aryl methyl sites for hydroxylation is 2. The Kier molecular flexibility index (Phi) is 8.01. The summed E-state index contributed by atoms with van der Waals surface area (Å²) in [6.45, 7) is 0. The van der Waals surface area contributed by atoms with Gasteiger partial charge in [0.1, 0.15) is 25.5 Å². The second kappa shape index (κ2) is 7.76. The fourth-order valence-electron chi connectivity index (χ4n) is 1.44. The fourth-order valence-corrected chi connectivity index (χ4v) is 1.44. The van der Waals surface area contributed by atoms with Crippen LogP contribution in [-0.4, -0.2) is 0 Å². The fraction of sp³-hybridized carbons (Fsp3) is 0.167. The van der Waals surface area contributed by atoms with Crippen LogP contribution in [-0.2, 0) is 79.5 Å². The molecule has 0 aliphatic rings. The van der Waals surface area contributed by atoms with E-state index in [2.05, 4.69) is 21.3 Å². The Hall–Kier alpha value is 0.508. The van der Waals surface area contributed by atoms with Crippen LogP contribution >= 0.6 is 0 Å². The van der Waals surface area contributed by atoms with E-state index in [0.717, 1.165) is 11.4 Å². The molecule has 2 aromatic rings. The van der Waals surface area contributed by atoms with Crippen LogP contribution in [0.2, 0.25) is 0 Å². The van der Waals surface area contributed by atoms with Crippen LogP contribution in [0.25, 0.3) is 11.4 Å². The largest absolute Gasteiger partial charge is 0.313 e. The van der Waals surface area contributed by atoms with Gasteiger partial charge in [0.2, 0.25) is 0 Å². The van der Waals surface area contributed by atoms with E-state index in [1.165, 1.54) is 0 Å². The zero-order valence-corrected chi connectivity index (χ0v) is 15.2. The second-order valence-electron chi connectivity index (χ2n) is 3.25. The predicted octanol–water partition coefficient (Wildman–Crippen LogP) is 0.598. The number of nitrogens with zero attached hydrogens (tertiary/aromatic N) is 2. The Labute approximate surface area is 147 Å². The van der Waals surface area contributed by atoms with Gasteiger partial charge >= 0.3 is 0 Å². The number of aromatic nitrogens is 2. The van der Waals surface area contributed by atoms with Crippen molar-refractivity contribution < 1.29 is 74.6 Å². The van der Waals surface area contributed by atoms with Crippen LogP contribution in [0.4, 0.5) is 0 Å². The molecule has 0 aliphatic carbocycles. The van der Waals surface area contributed by atoms with Crippen LogP contribution in [0.1, 0.15) is 0 Å². The summed E-state index contributed by atoms with van der Waals surface area (Å²) in [5.74, 6) is 0. The van der Waals surface area contributed by atoms with Crippen molar-refractivity contribution in [1.82, 2.24) is 0 Å². The van der Waals surface area contributed by atoms with Crippen molar-refractivity contribution in [2.75, 3.05) is 0 Å². The Morgan fingerprint density at radius 2 is 1.19 bits per heavy atom. The molecule has 0 spiro atoms. The quantitative estimate of drug-likeness (QED) is 0.519. The Balaban J connectivity index is 0.00000112. The maximum Gasteiger partial charge on any atom is 0.115 e. The molecule has 0 fully saturated rings. The molecule has 0 aliphatic heterocycles. The van der Waals surface area contributed by atoms with E-state index < -0.39 is 0 Å². The molecule has 2 heterocycles. The average Bonchev–Trinajstić information content (AvgIpc) is 2.20. The van der Waals surface area contributed by atoms with Crippen molar-refractivity contribution >= 4 is 0 Å². The molecular weight excluding hydrogens is 350 g/mol. The summed E-state index contributed by atoms with van der Waals surface area (Å²) in [4.78, 5) is 0. The third-order valence-corrected chi connectivity index (χ3v) is 2.25. The number of hydrogen-bond acceptors (Lipinski definition) is 0. The summed E-state index contributed by atoms with van der Waals surface area (Å²) in [6, 6.07) is 13.9. The molecule has 0 atom stereocenters. The van der Waals surface area contributed by atoms with Crippen molar-refractivity contribution in [3.63, 3.8) is 0 Å². The molecule has 0 bridgehead atoms. The molecule has 2 aromatic heterocycles. The van der Waals surface area contributed by atoms with E-state index in [-0.39, 0.29) is 65.4 Å². The molecule has 0 amide bonds. The monoisotopic (exact) mass is 362 g/mol. The Morgan fingerprint density at radius 1 is 0.812 bits per heavy atom. The first kappa shape index (κ1) is 16.5. The van der Waals surface area contributed by atoms with Gasteiger partial charge in [0, 0.05) is 65.4 Å². The van der Waals surface area contributed by atoms with E-state index >= 15 is 0 Å². The van der Waals surface area contributed by atoms with Gasteiger partial charge in [0.05, 0.1) is 12.4 Å². The van der Waals surface area contributed by atoms with Gasteiger partial charge in [0.25, 0.3) is 0 Å². The molecule has 2 radical (unpaired) electrons. The molecule has 0 aromatic carbocycles. The van der Waals surface area contributed by atoms with E-state index in [9.17, 15) is 0 Å². The number of rotatable bonds is 1. The maximum absolute atomic E-state index is 3.08. The van der Waals surface area contributed by atoms with Crippen molar-refractivity contribution in [1.29, 1.82) is 0 Å². The first-order valence-corrected chi connectivity index (χ1v) is 4.51. The van der Waals surface area contributed by atoms with Gasteiger partial charge in [-0.2, -0.15) is 12.1 Å². The standard InChI is InChI=1S/C12H12N2.2Y/c1-13-9-5-3-7-11(13)12-8-4-6-10-14(12)2;;/h5-10H,1-2H3;;. The summed E-state index contributed by atoms with van der Waals surface area (Å²) in [6.07, 6.45) is 3.98. The Morgan fingerprint density at radius 3 is 1.50 bits per heavy atom. The van der Waals surface area contributed by atoms with Crippen molar-refractivity contribution in [2.45, 2.75) is 0 Å². The van der Waals surface area contributed by atoms with Crippen molar-refractivity contribution in [3.05, 3.63) is 48.8 Å². The van der Waals surface area contributed by atoms with E-state index in [1.54, 1.807) is 0 Å². The third-order valence-electron chi connectivity index (χ3n) is 2.25. The van der Waals surface area contributed by atoms with Gasteiger partial charge in [-0.15, -0.1) is 24.3 Å². The zero-order chi connectivity index (χ0) is 9.97. The van der Waals surface area contributed by atoms with Gasteiger partial charge < -0.3 is 9.13 Å². The molecule has 0 saturated heterocycles. The van der Waals surface area contributed by atoms with Crippen LogP contribution in [0.3, 0.4) is 0 Å². The molecule has 16 heavy (non-hydrogen) atoms. The summed E-state index contributed by atoms with van der Waals surface area (Å²) in [5.41, 5.74) is 2.26. The van der Waals surface area contributed by atoms with Crippen LogP contribution in [0, 0.1) is 12.1 Å². The maximum atomic E-state index is 3.08. The summed E-state index contributed by atoms with van der Waals surface area (Å²) >= 11 is 0. The van der Waals surface area contributed by atoms with Gasteiger partial charge in [-0.3, -0.25) is 0 Å². The molecule has 0 N–H and O–H groups in total. The average molecular weight is 362 g/mol. The zero-order valence-electron chi connectivity index (χ0n) is 9.51. The van der Waals surface area contributed by atoms with E-state index in [0.29, 0.717) is 0 Å². The van der Waals surface area contributed by atoms with Gasteiger partial charge in [-0.05, 0) is 0 Å². The van der Waals surface area contributed by atoms with Crippen LogP contribution in [0.5, 0.6) is 0 Å². The number of pyridine rings is 2. The molecule has 2 nitrogen and oxygen atoms in total. The molecule has 2 rings (SSSR count). The summed E-state index contributed by atoms with van der Waals surface area (Å²) < 4.78 is 4.14. The number of hydrogen-bond donors (Lipinski definition) is 0. The molecular formula is C12H12N2Y2. The SMILES string of the molecule is C[n+]1cc[c-]cc1-c1c[c-]cc[n+]1C.[Y].[Y]. The molecule has 76 valence electrons. The predicted molar refractivity (Wildman–Crippen MR) is 51.9 cm³/mol. The summed E-state index contributed by atoms with van der Waals surface area (Å²) in [5, 5.41) is 0. The molecule has 0 saturated carbocycles. The van der Waals surface area contributed by atoms with E-state index in [4.69, 9.17) is 0 Å².